The Kier molecular flexibility index (Phi) is 5.41. The number of carbonyl (C=O) groups is 2. The molecule has 0 saturated heterocycles. The molecule has 0 fully saturated rings. The highest BCUT2D eigenvalue weighted by molar-refractivity contribution is 6.22. The van der Waals surface area contributed by atoms with E-state index < -0.39 is 11.9 Å². The van der Waals surface area contributed by atoms with Gasteiger partial charge in [-0.2, -0.15) is 0 Å². The summed E-state index contributed by atoms with van der Waals surface area (Å²) in [6.45, 7) is 5.88. The second-order valence-corrected chi connectivity index (χ2v) is 7.05. The largest absolute Gasteiger partial charge is 0.497 e. The Morgan fingerprint density at radius 1 is 0.897 bits per heavy atom. The second kappa shape index (κ2) is 7.80. The van der Waals surface area contributed by atoms with Gasteiger partial charge in [0, 0.05) is 6.08 Å². The fourth-order valence-corrected chi connectivity index (χ4v) is 3.84. The summed E-state index contributed by atoms with van der Waals surface area (Å²) in [5.74, 6) is -1.86. The molecule has 2 N–H and O–H groups in total. The van der Waals surface area contributed by atoms with E-state index in [0.29, 0.717) is 5.56 Å². The summed E-state index contributed by atoms with van der Waals surface area (Å²) in [6.07, 6.45) is 0.754. The Morgan fingerprint density at radius 2 is 1.48 bits per heavy atom. The Bertz CT molecular complexity index is 1110. The highest BCUT2D eigenvalue weighted by Crippen LogP contribution is 2.45. The van der Waals surface area contributed by atoms with Gasteiger partial charge in [0.05, 0.1) is 12.7 Å². The number of carboxylic acids is 2. The Balaban J connectivity index is 2.42. The fraction of sp³-hybridized carbons (Fsp3) is 0.167. The van der Waals surface area contributed by atoms with Crippen LogP contribution < -0.4 is 4.74 Å². The molecule has 2 aliphatic carbocycles. The van der Waals surface area contributed by atoms with Crippen molar-refractivity contribution in [3.05, 3.63) is 70.8 Å². The lowest BCUT2D eigenvalue weighted by Crippen LogP contribution is -2.03. The van der Waals surface area contributed by atoms with Crippen LogP contribution in [0.4, 0.5) is 0 Å². The first-order chi connectivity index (χ1) is 13.7. The van der Waals surface area contributed by atoms with E-state index >= 15 is 0 Å². The van der Waals surface area contributed by atoms with Crippen molar-refractivity contribution in [2.24, 2.45) is 0 Å². The van der Waals surface area contributed by atoms with Gasteiger partial charge in [-0.15, -0.1) is 0 Å². The topological polar surface area (TPSA) is 83.8 Å². The van der Waals surface area contributed by atoms with E-state index in [0.717, 1.165) is 50.8 Å². The second-order valence-electron chi connectivity index (χ2n) is 7.05. The summed E-state index contributed by atoms with van der Waals surface area (Å²) in [5.41, 5.74) is 6.48. The molecule has 5 heteroatoms. The van der Waals surface area contributed by atoms with Gasteiger partial charge in [-0.25, -0.2) is 9.59 Å². The molecular weight excluding hydrogens is 368 g/mol. The van der Waals surface area contributed by atoms with Crippen LogP contribution in [0.2, 0.25) is 0 Å². The van der Waals surface area contributed by atoms with Gasteiger partial charge in [-0.1, -0.05) is 29.8 Å². The minimum absolute atomic E-state index is 0.242. The number of aliphatic carboxylic acids is 2. The molecule has 0 bridgehead atoms. The van der Waals surface area contributed by atoms with E-state index in [-0.39, 0.29) is 5.57 Å². The van der Waals surface area contributed by atoms with Gasteiger partial charge < -0.3 is 14.9 Å². The van der Waals surface area contributed by atoms with Crippen molar-refractivity contribution in [2.45, 2.75) is 20.8 Å². The van der Waals surface area contributed by atoms with Gasteiger partial charge in [0.15, 0.2) is 0 Å². The summed E-state index contributed by atoms with van der Waals surface area (Å²) in [5, 5.41) is 18.9. The molecule has 2 aliphatic rings. The number of aryl methyl sites for hydroxylation is 3. The SMILES string of the molecule is COc1ccc(-c2cc(/C(=C\C(=O)O)C(=O)O)c3c(C)cc(C)cc(C)c2-3)cc1. The number of carboxylic acid groups (broad SMARTS) is 2. The third-order valence-electron chi connectivity index (χ3n) is 4.94. The van der Waals surface area contributed by atoms with Gasteiger partial charge in [-0.05, 0) is 77.9 Å². The lowest BCUT2D eigenvalue weighted by Gasteiger charge is -2.09. The maximum absolute atomic E-state index is 11.9. The molecule has 148 valence electrons. The van der Waals surface area contributed by atoms with Crippen molar-refractivity contribution in [1.82, 2.24) is 0 Å². The van der Waals surface area contributed by atoms with Crippen molar-refractivity contribution in [1.29, 1.82) is 0 Å². The van der Waals surface area contributed by atoms with Crippen LogP contribution in [0.1, 0.15) is 22.3 Å². The zero-order chi connectivity index (χ0) is 21.3. The lowest BCUT2D eigenvalue weighted by molar-refractivity contribution is -0.133. The molecule has 1 aromatic rings. The molecule has 0 radical (unpaired) electrons. The molecule has 0 spiro atoms. The Hall–Kier alpha value is -3.60. The fourth-order valence-electron chi connectivity index (χ4n) is 3.84. The van der Waals surface area contributed by atoms with Gasteiger partial charge in [0.1, 0.15) is 5.75 Å². The predicted molar refractivity (Wildman–Crippen MR) is 113 cm³/mol. The summed E-state index contributed by atoms with van der Waals surface area (Å²) in [6, 6.07) is 13.3. The van der Waals surface area contributed by atoms with Crippen LogP contribution in [-0.2, 0) is 9.59 Å². The summed E-state index contributed by atoms with van der Waals surface area (Å²) in [7, 11) is 1.59. The Morgan fingerprint density at radius 3 is 2.00 bits per heavy atom. The van der Waals surface area contributed by atoms with E-state index in [1.54, 1.807) is 13.2 Å². The number of fused-ring (bicyclic) bond motifs is 1. The van der Waals surface area contributed by atoms with Crippen LogP contribution in [0.3, 0.4) is 0 Å². The van der Waals surface area contributed by atoms with Gasteiger partial charge in [-0.3, -0.25) is 0 Å². The molecule has 0 heterocycles. The molecule has 0 saturated carbocycles. The van der Waals surface area contributed by atoms with Crippen LogP contribution in [0.15, 0.2) is 48.5 Å². The first-order valence-electron chi connectivity index (χ1n) is 9.10. The molecule has 0 unspecified atom stereocenters. The van der Waals surface area contributed by atoms with Crippen LogP contribution in [-0.4, -0.2) is 29.3 Å². The number of rotatable bonds is 5. The van der Waals surface area contributed by atoms with Crippen molar-refractivity contribution in [3.8, 4) is 28.0 Å². The van der Waals surface area contributed by atoms with Crippen LogP contribution in [0.25, 0.3) is 27.8 Å². The maximum atomic E-state index is 11.9. The number of methoxy groups -OCH3 is 1. The van der Waals surface area contributed by atoms with Crippen molar-refractivity contribution in [3.63, 3.8) is 0 Å². The molecule has 3 rings (SSSR count). The zero-order valence-corrected chi connectivity index (χ0v) is 16.7. The molecule has 0 amide bonds. The molecule has 0 atom stereocenters. The predicted octanol–water partition coefficient (Wildman–Crippen LogP) is 4.94. The van der Waals surface area contributed by atoms with E-state index in [2.05, 4.69) is 0 Å². The number of ether oxygens (including phenoxy) is 1. The van der Waals surface area contributed by atoms with Crippen molar-refractivity contribution in [2.75, 3.05) is 7.11 Å². The molecule has 5 nitrogen and oxygen atoms in total. The molecule has 0 aliphatic heterocycles. The number of hydrogen-bond donors (Lipinski definition) is 2. The summed E-state index contributed by atoms with van der Waals surface area (Å²) < 4.78 is 5.23. The van der Waals surface area contributed by atoms with Crippen molar-refractivity contribution >= 4 is 17.5 Å². The zero-order valence-electron chi connectivity index (χ0n) is 16.7. The highest BCUT2D eigenvalue weighted by atomic mass is 16.5. The first-order valence-corrected chi connectivity index (χ1v) is 9.10. The van der Waals surface area contributed by atoms with E-state index in [9.17, 15) is 19.8 Å². The van der Waals surface area contributed by atoms with Crippen molar-refractivity contribution < 1.29 is 24.5 Å². The standard InChI is InChI=1S/C24H22O5/c1-13-9-14(2)22-18(16-5-7-17(29-4)8-6-16)11-19(23(22)15(3)10-13)20(24(27)28)12-21(25)26/h5-12H,1-4H3,(H,25,26)(H,27,28)/b20-12+. The van der Waals surface area contributed by atoms with Crippen LogP contribution in [0.5, 0.6) is 5.75 Å². The van der Waals surface area contributed by atoms with Gasteiger partial charge in [0.2, 0.25) is 0 Å². The van der Waals surface area contributed by atoms with E-state index in [4.69, 9.17) is 4.74 Å². The average molecular weight is 390 g/mol. The number of benzene rings is 1. The number of hydrogen-bond acceptors (Lipinski definition) is 3. The lowest BCUT2D eigenvalue weighted by atomic mass is 9.94. The third kappa shape index (κ3) is 3.85. The smallest absolute Gasteiger partial charge is 0.336 e. The van der Waals surface area contributed by atoms with E-state index in [1.807, 2.05) is 57.2 Å². The molecule has 0 aromatic heterocycles. The molecule has 29 heavy (non-hydrogen) atoms. The van der Waals surface area contributed by atoms with Gasteiger partial charge >= 0.3 is 11.9 Å². The monoisotopic (exact) mass is 390 g/mol. The van der Waals surface area contributed by atoms with Gasteiger partial charge in [0.25, 0.3) is 0 Å². The third-order valence-corrected chi connectivity index (χ3v) is 4.94. The molecule has 1 aromatic carbocycles. The summed E-state index contributed by atoms with van der Waals surface area (Å²) in [4.78, 5) is 23.2. The molecular formula is C24H22O5. The highest BCUT2D eigenvalue weighted by Gasteiger charge is 2.26. The minimum atomic E-state index is -1.30. The first kappa shape index (κ1) is 20.1. The minimum Gasteiger partial charge on any atom is -0.497 e. The average Bonchev–Trinajstić information content (AvgIpc) is 3.01. The maximum Gasteiger partial charge on any atom is 0.336 e. The normalized spacial score (nSPS) is 11.5. The quantitative estimate of drug-likeness (QED) is 0.603. The Labute approximate surface area is 169 Å². The summed E-state index contributed by atoms with van der Waals surface area (Å²) >= 11 is 0. The van der Waals surface area contributed by atoms with Crippen LogP contribution >= 0.6 is 0 Å². The van der Waals surface area contributed by atoms with Crippen LogP contribution in [0, 0.1) is 20.8 Å². The van der Waals surface area contributed by atoms with E-state index in [1.165, 1.54) is 0 Å².